The van der Waals surface area contributed by atoms with Gasteiger partial charge in [0.25, 0.3) is 0 Å². The summed E-state index contributed by atoms with van der Waals surface area (Å²) >= 11 is 0. The van der Waals surface area contributed by atoms with E-state index in [0.29, 0.717) is 17.3 Å². The van der Waals surface area contributed by atoms with Crippen molar-refractivity contribution in [2.75, 3.05) is 22.5 Å². The van der Waals surface area contributed by atoms with Gasteiger partial charge in [0, 0.05) is 23.8 Å². The molecule has 3 rings (SSSR count). The second-order valence-corrected chi connectivity index (χ2v) is 8.02. The van der Waals surface area contributed by atoms with Crippen molar-refractivity contribution < 1.29 is 4.79 Å². The van der Waals surface area contributed by atoms with Gasteiger partial charge in [-0.2, -0.15) is 0 Å². The molecule has 0 aliphatic carbocycles. The number of amides is 1. The van der Waals surface area contributed by atoms with Crippen LogP contribution in [0.4, 0.5) is 23.1 Å². The number of aryl methyl sites for hydroxylation is 1. The fraction of sp³-hybridized carbons (Fsp3) is 0.273. The number of anilines is 4. The summed E-state index contributed by atoms with van der Waals surface area (Å²) in [6.45, 7) is 12.7. The van der Waals surface area contributed by atoms with Gasteiger partial charge in [-0.1, -0.05) is 39.5 Å². The van der Waals surface area contributed by atoms with Gasteiger partial charge in [0.2, 0.25) is 11.9 Å². The Labute approximate surface area is 170 Å². The van der Waals surface area contributed by atoms with Gasteiger partial charge in [-0.3, -0.25) is 4.79 Å². The first kappa shape index (κ1) is 20.3. The average Bonchev–Trinajstić information content (AvgIpc) is 2.67. The quantitative estimate of drug-likeness (QED) is 0.530. The molecule has 2 heterocycles. The van der Waals surface area contributed by atoms with Crippen LogP contribution in [-0.2, 0) is 4.79 Å². The number of para-hydroxylation sites is 2. The van der Waals surface area contributed by atoms with E-state index in [9.17, 15) is 4.79 Å². The van der Waals surface area contributed by atoms with Crippen molar-refractivity contribution in [3.05, 3.63) is 54.9 Å². The van der Waals surface area contributed by atoms with Crippen LogP contribution in [0.5, 0.6) is 0 Å². The lowest BCUT2D eigenvalue weighted by atomic mass is 9.97. The first-order valence-corrected chi connectivity index (χ1v) is 9.43. The van der Waals surface area contributed by atoms with Gasteiger partial charge in [0.15, 0.2) is 5.82 Å². The molecule has 0 aliphatic rings. The summed E-state index contributed by atoms with van der Waals surface area (Å²) in [6, 6.07) is 9.31. The summed E-state index contributed by atoms with van der Waals surface area (Å²) in [5, 5.41) is 10.3. The number of hydrogen-bond acceptors (Lipinski definition) is 6. The molecule has 0 spiro atoms. The average molecular weight is 390 g/mol. The predicted molar refractivity (Wildman–Crippen MR) is 119 cm³/mol. The van der Waals surface area contributed by atoms with Gasteiger partial charge in [0.05, 0.1) is 11.4 Å². The SMILES string of the molecule is C=CC(=O)Nc1ccccc1Nc1ncc2cc(C)nc(NCC(C)(C)C)c2n1. The molecule has 7 heteroatoms. The monoisotopic (exact) mass is 390 g/mol. The second kappa shape index (κ2) is 8.26. The van der Waals surface area contributed by atoms with E-state index >= 15 is 0 Å². The number of nitrogens with zero attached hydrogens (tertiary/aromatic N) is 3. The number of rotatable bonds is 6. The zero-order chi connectivity index (χ0) is 21.0. The molecule has 0 fully saturated rings. The Morgan fingerprint density at radius 3 is 2.59 bits per heavy atom. The maximum absolute atomic E-state index is 11.7. The van der Waals surface area contributed by atoms with Crippen molar-refractivity contribution in [3.63, 3.8) is 0 Å². The van der Waals surface area contributed by atoms with E-state index in [1.54, 1.807) is 12.3 Å². The molecular formula is C22H26N6O. The topological polar surface area (TPSA) is 91.8 Å². The van der Waals surface area contributed by atoms with Crippen molar-refractivity contribution in [3.8, 4) is 0 Å². The third-order valence-corrected chi connectivity index (χ3v) is 4.10. The molecule has 7 nitrogen and oxygen atoms in total. The first-order chi connectivity index (χ1) is 13.7. The van der Waals surface area contributed by atoms with Gasteiger partial charge < -0.3 is 16.0 Å². The standard InChI is InChI=1S/C22H26N6O/c1-6-18(29)26-16-9-7-8-10-17(16)27-21-23-12-15-11-14(2)25-20(19(15)28-21)24-13-22(3,4)5/h6-12H,1,13H2,2-5H3,(H,24,25)(H,26,29)(H,23,27,28). The highest BCUT2D eigenvalue weighted by molar-refractivity contribution is 6.01. The minimum absolute atomic E-state index is 0.105. The summed E-state index contributed by atoms with van der Waals surface area (Å²) in [7, 11) is 0. The summed E-state index contributed by atoms with van der Waals surface area (Å²) in [5.41, 5.74) is 3.05. The normalized spacial score (nSPS) is 11.2. The fourth-order valence-electron chi connectivity index (χ4n) is 2.71. The Morgan fingerprint density at radius 1 is 1.17 bits per heavy atom. The van der Waals surface area contributed by atoms with Gasteiger partial charge in [-0.05, 0) is 36.6 Å². The van der Waals surface area contributed by atoms with Gasteiger partial charge in [-0.25, -0.2) is 15.0 Å². The number of fused-ring (bicyclic) bond motifs is 1. The lowest BCUT2D eigenvalue weighted by molar-refractivity contribution is -0.111. The molecule has 0 atom stereocenters. The van der Waals surface area contributed by atoms with Crippen molar-refractivity contribution in [2.45, 2.75) is 27.7 Å². The Bertz CT molecular complexity index is 1050. The van der Waals surface area contributed by atoms with Crippen molar-refractivity contribution in [1.29, 1.82) is 0 Å². The van der Waals surface area contributed by atoms with Crippen molar-refractivity contribution in [1.82, 2.24) is 15.0 Å². The van der Waals surface area contributed by atoms with E-state index < -0.39 is 0 Å². The third-order valence-electron chi connectivity index (χ3n) is 4.10. The molecule has 29 heavy (non-hydrogen) atoms. The van der Waals surface area contributed by atoms with E-state index in [1.807, 2.05) is 31.2 Å². The number of benzene rings is 1. The molecule has 0 bridgehead atoms. The van der Waals surface area contributed by atoms with Crippen LogP contribution in [0.2, 0.25) is 0 Å². The van der Waals surface area contributed by atoms with Crippen LogP contribution in [-0.4, -0.2) is 27.4 Å². The molecule has 0 saturated carbocycles. The fourth-order valence-corrected chi connectivity index (χ4v) is 2.71. The van der Waals surface area contributed by atoms with Gasteiger partial charge in [-0.15, -0.1) is 0 Å². The minimum Gasteiger partial charge on any atom is -0.368 e. The zero-order valence-electron chi connectivity index (χ0n) is 17.2. The smallest absolute Gasteiger partial charge is 0.247 e. The van der Waals surface area contributed by atoms with Crippen LogP contribution < -0.4 is 16.0 Å². The van der Waals surface area contributed by atoms with E-state index in [-0.39, 0.29) is 11.3 Å². The van der Waals surface area contributed by atoms with Crippen LogP contribution in [0.1, 0.15) is 26.5 Å². The van der Waals surface area contributed by atoms with E-state index in [2.05, 4.69) is 58.3 Å². The number of aromatic nitrogens is 3. The number of carbonyl (C=O) groups is 1. The van der Waals surface area contributed by atoms with Gasteiger partial charge in [0.1, 0.15) is 5.52 Å². The molecule has 0 aliphatic heterocycles. The summed E-state index contributed by atoms with van der Waals surface area (Å²) in [4.78, 5) is 25.4. The Morgan fingerprint density at radius 2 is 1.90 bits per heavy atom. The summed E-state index contributed by atoms with van der Waals surface area (Å²) in [6.07, 6.45) is 3.00. The lowest BCUT2D eigenvalue weighted by Crippen LogP contribution is -2.20. The molecule has 3 aromatic rings. The molecule has 3 N–H and O–H groups in total. The highest BCUT2D eigenvalue weighted by Gasteiger charge is 2.14. The van der Waals surface area contributed by atoms with Crippen molar-refractivity contribution in [2.24, 2.45) is 5.41 Å². The molecule has 2 aromatic heterocycles. The maximum atomic E-state index is 11.7. The Balaban J connectivity index is 1.95. The summed E-state index contributed by atoms with van der Waals surface area (Å²) < 4.78 is 0. The minimum atomic E-state index is -0.285. The number of pyridine rings is 1. The number of nitrogens with one attached hydrogen (secondary N) is 3. The molecule has 0 radical (unpaired) electrons. The Kier molecular flexibility index (Phi) is 5.77. The number of carbonyl (C=O) groups excluding carboxylic acids is 1. The molecule has 0 unspecified atom stereocenters. The van der Waals surface area contributed by atoms with E-state index in [4.69, 9.17) is 0 Å². The molecule has 0 saturated heterocycles. The van der Waals surface area contributed by atoms with Crippen LogP contribution in [0.3, 0.4) is 0 Å². The molecular weight excluding hydrogens is 364 g/mol. The van der Waals surface area contributed by atoms with E-state index in [1.165, 1.54) is 6.08 Å². The van der Waals surface area contributed by atoms with Crippen LogP contribution in [0, 0.1) is 12.3 Å². The molecule has 150 valence electrons. The lowest BCUT2D eigenvalue weighted by Gasteiger charge is -2.20. The van der Waals surface area contributed by atoms with Crippen molar-refractivity contribution >= 4 is 40.0 Å². The zero-order valence-corrected chi connectivity index (χ0v) is 17.2. The highest BCUT2D eigenvalue weighted by Crippen LogP contribution is 2.27. The molecule has 1 amide bonds. The van der Waals surface area contributed by atoms with Gasteiger partial charge >= 0.3 is 0 Å². The predicted octanol–water partition coefficient (Wildman–Crippen LogP) is 4.66. The maximum Gasteiger partial charge on any atom is 0.247 e. The van der Waals surface area contributed by atoms with E-state index in [0.717, 1.165) is 29.0 Å². The number of hydrogen-bond donors (Lipinski definition) is 3. The Hall–Kier alpha value is -3.48. The van der Waals surface area contributed by atoms with Crippen LogP contribution in [0.15, 0.2) is 49.2 Å². The largest absolute Gasteiger partial charge is 0.368 e. The summed E-state index contributed by atoms with van der Waals surface area (Å²) in [5.74, 6) is 0.864. The first-order valence-electron chi connectivity index (χ1n) is 9.43. The van der Waals surface area contributed by atoms with Crippen LogP contribution >= 0.6 is 0 Å². The third kappa shape index (κ3) is 5.28. The molecule has 1 aromatic carbocycles. The second-order valence-electron chi connectivity index (χ2n) is 8.02. The van der Waals surface area contributed by atoms with Crippen LogP contribution in [0.25, 0.3) is 10.9 Å². The highest BCUT2D eigenvalue weighted by atomic mass is 16.1.